The van der Waals surface area contributed by atoms with Crippen LogP contribution in [0.3, 0.4) is 0 Å². The van der Waals surface area contributed by atoms with E-state index in [9.17, 15) is 19.8 Å². The van der Waals surface area contributed by atoms with E-state index in [1.54, 1.807) is 19.1 Å². The van der Waals surface area contributed by atoms with Crippen molar-refractivity contribution in [1.29, 1.82) is 0 Å². The van der Waals surface area contributed by atoms with Crippen molar-refractivity contribution in [3.05, 3.63) is 34.9 Å². The summed E-state index contributed by atoms with van der Waals surface area (Å²) in [6.07, 6.45) is -3.18. The van der Waals surface area contributed by atoms with E-state index in [1.165, 1.54) is 13.0 Å². The topological polar surface area (TPSA) is 94.8 Å². The van der Waals surface area contributed by atoms with E-state index < -0.39 is 24.6 Å². The maximum absolute atomic E-state index is 11.2. The van der Waals surface area contributed by atoms with Gasteiger partial charge in [-0.2, -0.15) is 0 Å². The molecule has 0 bridgehead atoms. The van der Waals surface area contributed by atoms with Crippen LogP contribution in [0.1, 0.15) is 40.9 Å². The lowest BCUT2D eigenvalue weighted by atomic mass is 9.95. The van der Waals surface area contributed by atoms with Crippen molar-refractivity contribution < 1.29 is 24.9 Å². The number of benzene rings is 1. The number of carboxylic acids is 1. The fourth-order valence-corrected chi connectivity index (χ4v) is 1.72. The number of Topliss-reactive ketones (excluding diaryl/α,β-unsaturated/α-hetero) is 1. The first-order valence-corrected chi connectivity index (χ1v) is 5.52. The fraction of sp³-hybridized carbons (Fsp3) is 0.385. The molecule has 0 spiro atoms. The Labute approximate surface area is 105 Å². The lowest BCUT2D eigenvalue weighted by Crippen LogP contribution is -2.22. The number of carbonyl (C=O) groups is 2. The minimum absolute atomic E-state index is 0.0924. The number of rotatable bonds is 5. The van der Waals surface area contributed by atoms with Crippen LogP contribution in [0.4, 0.5) is 0 Å². The number of aliphatic carboxylic acids is 1. The highest BCUT2D eigenvalue weighted by molar-refractivity contribution is 5.94. The van der Waals surface area contributed by atoms with Crippen LogP contribution in [0.5, 0.6) is 0 Å². The van der Waals surface area contributed by atoms with Crippen molar-refractivity contribution in [2.75, 3.05) is 0 Å². The molecular formula is C13H16O5. The molecule has 5 nitrogen and oxygen atoms in total. The fourth-order valence-electron chi connectivity index (χ4n) is 1.72. The smallest absolute Gasteiger partial charge is 0.306 e. The van der Waals surface area contributed by atoms with Crippen LogP contribution in [0, 0.1) is 6.92 Å². The van der Waals surface area contributed by atoms with Crippen LogP contribution in [-0.4, -0.2) is 33.2 Å². The highest BCUT2D eigenvalue weighted by atomic mass is 16.4. The van der Waals surface area contributed by atoms with Crippen molar-refractivity contribution in [3.63, 3.8) is 0 Å². The van der Waals surface area contributed by atoms with Gasteiger partial charge in [0, 0.05) is 5.56 Å². The zero-order chi connectivity index (χ0) is 13.9. The minimum Gasteiger partial charge on any atom is -0.481 e. The highest BCUT2D eigenvalue weighted by Gasteiger charge is 2.22. The van der Waals surface area contributed by atoms with Crippen LogP contribution in [0.25, 0.3) is 0 Å². The Morgan fingerprint density at radius 3 is 2.33 bits per heavy atom. The minimum atomic E-state index is -1.37. The summed E-state index contributed by atoms with van der Waals surface area (Å²) in [5, 5.41) is 27.9. The number of aliphatic hydroxyl groups is 2. The molecule has 0 saturated carbocycles. The van der Waals surface area contributed by atoms with E-state index in [4.69, 9.17) is 5.11 Å². The molecular weight excluding hydrogens is 236 g/mol. The monoisotopic (exact) mass is 252 g/mol. The maximum Gasteiger partial charge on any atom is 0.306 e. The Balaban J connectivity index is 2.96. The van der Waals surface area contributed by atoms with Gasteiger partial charge < -0.3 is 15.3 Å². The molecule has 0 heterocycles. The van der Waals surface area contributed by atoms with Crippen LogP contribution < -0.4 is 0 Å². The van der Waals surface area contributed by atoms with Crippen LogP contribution in [0.2, 0.25) is 0 Å². The van der Waals surface area contributed by atoms with Gasteiger partial charge in [0.15, 0.2) is 5.78 Å². The van der Waals surface area contributed by atoms with Crippen LogP contribution in [-0.2, 0) is 4.79 Å². The molecule has 3 N–H and O–H groups in total. The molecule has 0 radical (unpaired) electrons. The third-order valence-corrected chi connectivity index (χ3v) is 2.74. The third kappa shape index (κ3) is 3.38. The number of ketones is 1. The quantitative estimate of drug-likeness (QED) is 0.681. The number of aliphatic hydroxyl groups excluding tert-OH is 2. The van der Waals surface area contributed by atoms with Gasteiger partial charge in [0.05, 0.1) is 12.5 Å². The first-order valence-electron chi connectivity index (χ1n) is 5.52. The van der Waals surface area contributed by atoms with Crippen LogP contribution in [0.15, 0.2) is 18.2 Å². The summed E-state index contributed by atoms with van der Waals surface area (Å²) >= 11 is 0. The largest absolute Gasteiger partial charge is 0.481 e. The molecule has 1 aromatic carbocycles. The number of hydrogen-bond acceptors (Lipinski definition) is 4. The van der Waals surface area contributed by atoms with Gasteiger partial charge >= 0.3 is 5.97 Å². The molecule has 2 atom stereocenters. The molecule has 0 aliphatic rings. The van der Waals surface area contributed by atoms with Gasteiger partial charge in [0.1, 0.15) is 6.10 Å². The first-order chi connectivity index (χ1) is 8.32. The Morgan fingerprint density at radius 1 is 1.28 bits per heavy atom. The van der Waals surface area contributed by atoms with Crippen molar-refractivity contribution in [3.8, 4) is 0 Å². The van der Waals surface area contributed by atoms with Crippen molar-refractivity contribution in [2.24, 2.45) is 0 Å². The highest BCUT2D eigenvalue weighted by Crippen LogP contribution is 2.23. The molecule has 0 aromatic heterocycles. The lowest BCUT2D eigenvalue weighted by Gasteiger charge is -2.18. The molecule has 0 fully saturated rings. The van der Waals surface area contributed by atoms with Crippen molar-refractivity contribution in [1.82, 2.24) is 0 Å². The van der Waals surface area contributed by atoms with Gasteiger partial charge in [0.25, 0.3) is 0 Å². The number of aryl methyl sites for hydroxylation is 1. The van der Waals surface area contributed by atoms with E-state index in [0.717, 1.165) is 0 Å². The SMILES string of the molecule is CC(=O)c1ccc(C(O)C(O)CC(=O)O)c(C)c1. The summed E-state index contributed by atoms with van der Waals surface area (Å²) in [6, 6.07) is 4.68. The van der Waals surface area contributed by atoms with E-state index in [1.807, 2.05) is 0 Å². The molecule has 18 heavy (non-hydrogen) atoms. The second-order valence-electron chi connectivity index (χ2n) is 4.24. The molecule has 0 aliphatic heterocycles. The predicted octanol–water partition coefficient (Wildman–Crippen LogP) is 1.07. The lowest BCUT2D eigenvalue weighted by molar-refractivity contribution is -0.141. The summed E-state index contributed by atoms with van der Waals surface area (Å²) in [5.41, 5.74) is 1.57. The average Bonchev–Trinajstić information content (AvgIpc) is 2.26. The second kappa shape index (κ2) is 5.75. The van der Waals surface area contributed by atoms with E-state index >= 15 is 0 Å². The summed E-state index contributed by atoms with van der Waals surface area (Å²) in [5.74, 6) is -1.27. The molecule has 5 heteroatoms. The first kappa shape index (κ1) is 14.3. The summed E-state index contributed by atoms with van der Waals surface area (Å²) in [4.78, 5) is 21.6. The van der Waals surface area contributed by atoms with Crippen LogP contribution >= 0.6 is 0 Å². The average molecular weight is 252 g/mol. The van der Waals surface area contributed by atoms with Gasteiger partial charge in [-0.1, -0.05) is 12.1 Å². The summed E-state index contributed by atoms with van der Waals surface area (Å²) in [6.45, 7) is 3.13. The molecule has 0 aliphatic carbocycles. The molecule has 1 rings (SSSR count). The molecule has 1 aromatic rings. The summed E-state index contributed by atoms with van der Waals surface area (Å²) < 4.78 is 0. The Bertz CT molecular complexity index is 466. The second-order valence-corrected chi connectivity index (χ2v) is 4.24. The van der Waals surface area contributed by atoms with Crippen molar-refractivity contribution >= 4 is 11.8 Å². The predicted molar refractivity (Wildman–Crippen MR) is 64.4 cm³/mol. The van der Waals surface area contributed by atoms with Gasteiger partial charge in [-0.25, -0.2) is 0 Å². The number of hydrogen-bond donors (Lipinski definition) is 3. The normalized spacial score (nSPS) is 14.0. The van der Waals surface area contributed by atoms with E-state index in [2.05, 4.69) is 0 Å². The Hall–Kier alpha value is -1.72. The van der Waals surface area contributed by atoms with Gasteiger partial charge in [0.2, 0.25) is 0 Å². The Kier molecular flexibility index (Phi) is 4.58. The Morgan fingerprint density at radius 2 is 1.89 bits per heavy atom. The third-order valence-electron chi connectivity index (χ3n) is 2.74. The number of carbonyl (C=O) groups excluding carboxylic acids is 1. The van der Waals surface area contributed by atoms with E-state index in [-0.39, 0.29) is 5.78 Å². The summed E-state index contributed by atoms with van der Waals surface area (Å²) in [7, 11) is 0. The zero-order valence-corrected chi connectivity index (χ0v) is 10.3. The molecule has 0 amide bonds. The maximum atomic E-state index is 11.2. The van der Waals surface area contributed by atoms with E-state index in [0.29, 0.717) is 16.7 Å². The molecule has 0 saturated heterocycles. The number of carboxylic acid groups (broad SMARTS) is 1. The standard InChI is InChI=1S/C13H16O5/c1-7-5-9(8(2)14)3-4-10(7)13(18)11(15)6-12(16)17/h3-5,11,13,15,18H,6H2,1-2H3,(H,16,17). The van der Waals surface area contributed by atoms with Crippen molar-refractivity contribution in [2.45, 2.75) is 32.5 Å². The molecule has 2 unspecified atom stereocenters. The zero-order valence-electron chi connectivity index (χ0n) is 10.3. The van der Waals surface area contributed by atoms with Gasteiger partial charge in [-0.05, 0) is 31.0 Å². The molecule has 98 valence electrons. The van der Waals surface area contributed by atoms with Gasteiger partial charge in [-0.15, -0.1) is 0 Å². The van der Waals surface area contributed by atoms with Gasteiger partial charge in [-0.3, -0.25) is 9.59 Å².